The Morgan fingerprint density at radius 1 is 1.16 bits per heavy atom. The van der Waals surface area contributed by atoms with Crippen LogP contribution in [0.3, 0.4) is 0 Å². The number of benzene rings is 2. The number of hydrogen-bond acceptors (Lipinski definition) is 2. The second-order valence-electron chi connectivity index (χ2n) is 4.53. The van der Waals surface area contributed by atoms with Crippen LogP contribution in [0.15, 0.2) is 47.4 Å². The van der Waals surface area contributed by atoms with Gasteiger partial charge in [0, 0.05) is 15.7 Å². The average Bonchev–Trinajstić information content (AvgIpc) is 2.40. The van der Waals surface area contributed by atoms with Crippen molar-refractivity contribution < 1.29 is 0 Å². The van der Waals surface area contributed by atoms with Crippen molar-refractivity contribution in [2.75, 3.05) is 6.54 Å². The molecule has 100 valence electrons. The van der Waals surface area contributed by atoms with Crippen LogP contribution in [0.5, 0.6) is 0 Å². The highest BCUT2D eigenvalue weighted by Gasteiger charge is 2.07. The molecule has 0 unspecified atom stereocenters. The van der Waals surface area contributed by atoms with Gasteiger partial charge in [0.15, 0.2) is 0 Å². The molecule has 0 aliphatic heterocycles. The van der Waals surface area contributed by atoms with E-state index in [0.717, 1.165) is 17.2 Å². The molecule has 0 aliphatic carbocycles. The first-order valence-electron chi connectivity index (χ1n) is 6.36. The lowest BCUT2D eigenvalue weighted by molar-refractivity contribution is 0.944. The summed E-state index contributed by atoms with van der Waals surface area (Å²) in [6, 6.07) is 14.7. The number of thioether (sulfide) groups is 1. The van der Waals surface area contributed by atoms with E-state index in [1.165, 1.54) is 21.6 Å². The summed E-state index contributed by atoms with van der Waals surface area (Å²) >= 11 is 8.07. The summed E-state index contributed by atoms with van der Waals surface area (Å²) in [6.07, 6.45) is 0.829. The molecule has 0 radical (unpaired) electrons. The molecule has 1 nitrogen and oxygen atoms in total. The fourth-order valence-electron chi connectivity index (χ4n) is 2.02. The smallest absolute Gasteiger partial charge is 0.0449 e. The highest BCUT2D eigenvalue weighted by atomic mass is 35.5. The van der Waals surface area contributed by atoms with Crippen molar-refractivity contribution in [3.63, 3.8) is 0 Å². The summed E-state index contributed by atoms with van der Waals surface area (Å²) in [6.45, 7) is 2.75. The van der Waals surface area contributed by atoms with E-state index in [4.69, 9.17) is 17.3 Å². The molecule has 2 N–H and O–H groups in total. The zero-order chi connectivity index (χ0) is 13.7. The predicted molar refractivity (Wildman–Crippen MR) is 85.0 cm³/mol. The zero-order valence-corrected chi connectivity index (χ0v) is 12.6. The van der Waals surface area contributed by atoms with Crippen molar-refractivity contribution in [1.82, 2.24) is 0 Å². The molecule has 2 aromatic rings. The Balaban J connectivity index is 2.13. The third-order valence-corrected chi connectivity index (χ3v) is 4.47. The van der Waals surface area contributed by atoms with E-state index < -0.39 is 0 Å². The molecular weight excluding hydrogens is 274 g/mol. The van der Waals surface area contributed by atoms with Crippen molar-refractivity contribution in [1.29, 1.82) is 0 Å². The standard InChI is InChI=1S/C16H18ClNS/c1-12-4-2-5-13(10-12)11-19-16-7-3-6-15(17)14(16)8-9-18/h2-7,10H,8-9,11,18H2,1H3. The minimum Gasteiger partial charge on any atom is -0.330 e. The van der Waals surface area contributed by atoms with Crippen molar-refractivity contribution in [2.24, 2.45) is 5.73 Å². The molecule has 0 saturated carbocycles. The van der Waals surface area contributed by atoms with E-state index in [1.54, 1.807) is 0 Å². The molecule has 19 heavy (non-hydrogen) atoms. The SMILES string of the molecule is Cc1cccc(CSc2cccc(Cl)c2CCN)c1. The summed E-state index contributed by atoms with van der Waals surface area (Å²) in [5, 5.41) is 0.819. The topological polar surface area (TPSA) is 26.0 Å². The number of aryl methyl sites for hydroxylation is 1. The van der Waals surface area contributed by atoms with Gasteiger partial charge in [-0.2, -0.15) is 0 Å². The third kappa shape index (κ3) is 4.00. The lowest BCUT2D eigenvalue weighted by atomic mass is 10.1. The first-order chi connectivity index (χ1) is 9.20. The van der Waals surface area contributed by atoms with Crippen LogP contribution in [-0.2, 0) is 12.2 Å². The van der Waals surface area contributed by atoms with Gasteiger partial charge in [-0.3, -0.25) is 0 Å². The van der Waals surface area contributed by atoms with Gasteiger partial charge in [-0.25, -0.2) is 0 Å². The maximum absolute atomic E-state index is 6.25. The van der Waals surface area contributed by atoms with Gasteiger partial charge in [0.05, 0.1) is 0 Å². The van der Waals surface area contributed by atoms with E-state index >= 15 is 0 Å². The molecule has 0 heterocycles. The van der Waals surface area contributed by atoms with Crippen molar-refractivity contribution in [3.05, 3.63) is 64.2 Å². The second-order valence-corrected chi connectivity index (χ2v) is 5.96. The van der Waals surface area contributed by atoms with Crippen molar-refractivity contribution in [2.45, 2.75) is 24.0 Å². The molecule has 3 heteroatoms. The van der Waals surface area contributed by atoms with Crippen LogP contribution in [0.1, 0.15) is 16.7 Å². The first-order valence-corrected chi connectivity index (χ1v) is 7.73. The van der Waals surface area contributed by atoms with Gasteiger partial charge in [0.25, 0.3) is 0 Å². The fourth-order valence-corrected chi connectivity index (χ4v) is 3.41. The van der Waals surface area contributed by atoms with E-state index in [0.29, 0.717) is 6.54 Å². The third-order valence-electron chi connectivity index (χ3n) is 2.95. The lowest BCUT2D eigenvalue weighted by Gasteiger charge is -2.10. The van der Waals surface area contributed by atoms with Crippen molar-refractivity contribution >= 4 is 23.4 Å². The van der Waals surface area contributed by atoms with E-state index in [2.05, 4.69) is 37.3 Å². The summed E-state index contributed by atoms with van der Waals surface area (Å²) in [7, 11) is 0. The molecule has 0 atom stereocenters. The Morgan fingerprint density at radius 2 is 1.95 bits per heavy atom. The normalized spacial score (nSPS) is 10.7. The summed E-state index contributed by atoms with van der Waals surface area (Å²) in [4.78, 5) is 1.24. The summed E-state index contributed by atoms with van der Waals surface area (Å²) in [5.41, 5.74) is 9.46. The van der Waals surface area contributed by atoms with Crippen LogP contribution in [0.4, 0.5) is 0 Å². The molecule has 0 fully saturated rings. The zero-order valence-electron chi connectivity index (χ0n) is 11.0. The van der Waals surface area contributed by atoms with E-state index in [1.807, 2.05) is 23.9 Å². The Bertz CT molecular complexity index is 554. The number of rotatable bonds is 5. The molecule has 0 aromatic heterocycles. The van der Waals surface area contributed by atoms with Gasteiger partial charge in [0.2, 0.25) is 0 Å². The molecule has 2 rings (SSSR count). The maximum Gasteiger partial charge on any atom is 0.0449 e. The summed E-state index contributed by atoms with van der Waals surface area (Å²) in [5.74, 6) is 0.958. The molecule has 0 saturated heterocycles. The molecule has 0 bridgehead atoms. The number of nitrogens with two attached hydrogens (primary N) is 1. The minimum absolute atomic E-state index is 0.627. The molecule has 2 aromatic carbocycles. The van der Waals surface area contributed by atoms with Crippen LogP contribution >= 0.6 is 23.4 Å². The second kappa shape index (κ2) is 6.99. The van der Waals surface area contributed by atoms with E-state index in [9.17, 15) is 0 Å². The Hall–Kier alpha value is -0.960. The van der Waals surface area contributed by atoms with Crippen LogP contribution in [0.2, 0.25) is 5.02 Å². The monoisotopic (exact) mass is 291 g/mol. The van der Waals surface area contributed by atoms with Gasteiger partial charge in [-0.1, -0.05) is 47.5 Å². The molecule has 0 spiro atoms. The van der Waals surface area contributed by atoms with Gasteiger partial charge in [0.1, 0.15) is 0 Å². The van der Waals surface area contributed by atoms with Gasteiger partial charge < -0.3 is 5.73 Å². The average molecular weight is 292 g/mol. The molecule has 0 aliphatic rings. The Kier molecular flexibility index (Phi) is 5.32. The minimum atomic E-state index is 0.627. The summed E-state index contributed by atoms with van der Waals surface area (Å²) < 4.78 is 0. The van der Waals surface area contributed by atoms with Gasteiger partial charge >= 0.3 is 0 Å². The van der Waals surface area contributed by atoms with Crippen LogP contribution in [0.25, 0.3) is 0 Å². The lowest BCUT2D eigenvalue weighted by Crippen LogP contribution is -2.04. The van der Waals surface area contributed by atoms with Gasteiger partial charge in [-0.05, 0) is 43.1 Å². The van der Waals surface area contributed by atoms with Crippen LogP contribution in [-0.4, -0.2) is 6.54 Å². The quantitative estimate of drug-likeness (QED) is 0.824. The molecular formula is C16H18ClNS. The largest absolute Gasteiger partial charge is 0.330 e. The van der Waals surface area contributed by atoms with Gasteiger partial charge in [-0.15, -0.1) is 11.8 Å². The Morgan fingerprint density at radius 3 is 2.68 bits per heavy atom. The predicted octanol–water partition coefficient (Wildman–Crippen LogP) is 4.44. The van der Waals surface area contributed by atoms with E-state index in [-0.39, 0.29) is 0 Å². The number of halogens is 1. The fraction of sp³-hybridized carbons (Fsp3) is 0.250. The van der Waals surface area contributed by atoms with Crippen LogP contribution < -0.4 is 5.73 Å². The Labute approximate surface area is 124 Å². The highest BCUT2D eigenvalue weighted by molar-refractivity contribution is 7.98. The highest BCUT2D eigenvalue weighted by Crippen LogP contribution is 2.31. The molecule has 0 amide bonds. The van der Waals surface area contributed by atoms with Crippen LogP contribution in [0, 0.1) is 6.92 Å². The van der Waals surface area contributed by atoms with Crippen molar-refractivity contribution in [3.8, 4) is 0 Å². The number of hydrogen-bond donors (Lipinski definition) is 1. The maximum atomic E-state index is 6.25. The first kappa shape index (κ1) is 14.4.